The predicted octanol–water partition coefficient (Wildman–Crippen LogP) is 3.84. The van der Waals surface area contributed by atoms with E-state index in [-0.39, 0.29) is 5.56 Å². The van der Waals surface area contributed by atoms with Crippen molar-refractivity contribution in [2.45, 2.75) is 19.4 Å². The molecule has 0 aliphatic carbocycles. The van der Waals surface area contributed by atoms with Crippen LogP contribution in [0.15, 0.2) is 83.9 Å². The van der Waals surface area contributed by atoms with Crippen LogP contribution in [0, 0.1) is 0 Å². The number of rotatable bonds is 12. The van der Waals surface area contributed by atoms with Gasteiger partial charge in [0, 0.05) is 57.6 Å². The van der Waals surface area contributed by atoms with E-state index >= 15 is 0 Å². The van der Waals surface area contributed by atoms with Crippen LogP contribution in [0.4, 0.5) is 5.69 Å². The molecule has 0 radical (unpaired) electrons. The maximum Gasteiger partial charge on any atom is 0.250 e. The van der Waals surface area contributed by atoms with Crippen LogP contribution in [0.3, 0.4) is 0 Å². The molecule has 4 rings (SSSR count). The van der Waals surface area contributed by atoms with Gasteiger partial charge < -0.3 is 9.30 Å². The third kappa shape index (κ3) is 7.20. The van der Waals surface area contributed by atoms with Crippen molar-refractivity contribution < 1.29 is 13.2 Å². The maximum atomic E-state index is 11.8. The smallest absolute Gasteiger partial charge is 0.250 e. The van der Waals surface area contributed by atoms with Gasteiger partial charge in [0.05, 0.1) is 24.1 Å². The molecule has 0 N–H and O–H groups in total. The average molecular weight is 535 g/mol. The van der Waals surface area contributed by atoms with Crippen LogP contribution in [-0.2, 0) is 30.0 Å². The molecular weight excluding hydrogens is 500 g/mol. The fourth-order valence-electron chi connectivity index (χ4n) is 4.30. The maximum absolute atomic E-state index is 11.8. The van der Waals surface area contributed by atoms with Crippen LogP contribution in [-0.4, -0.2) is 55.9 Å². The summed E-state index contributed by atoms with van der Waals surface area (Å²) in [4.78, 5) is 18.4. The van der Waals surface area contributed by atoms with Crippen molar-refractivity contribution >= 4 is 26.6 Å². The van der Waals surface area contributed by atoms with Crippen molar-refractivity contribution in [2.24, 2.45) is 7.05 Å². The molecule has 0 saturated carbocycles. The van der Waals surface area contributed by atoms with E-state index in [1.807, 2.05) is 73.1 Å². The van der Waals surface area contributed by atoms with Crippen molar-refractivity contribution in [3.8, 4) is 5.75 Å². The molecule has 0 aliphatic rings. The first-order valence-electron chi connectivity index (χ1n) is 12.6. The lowest BCUT2D eigenvalue weighted by atomic mass is 10.1. The predicted molar refractivity (Wildman–Crippen MR) is 152 cm³/mol. The van der Waals surface area contributed by atoms with E-state index in [0.717, 1.165) is 54.7 Å². The highest BCUT2D eigenvalue weighted by atomic mass is 32.2. The first-order valence-corrected chi connectivity index (χ1v) is 14.4. The summed E-state index contributed by atoms with van der Waals surface area (Å²) in [6.07, 6.45) is 6.52. The number of nitrogens with zero attached hydrogens (tertiary/aromatic N) is 4. The van der Waals surface area contributed by atoms with E-state index in [9.17, 15) is 13.2 Å². The fourth-order valence-corrected chi connectivity index (χ4v) is 4.80. The van der Waals surface area contributed by atoms with Gasteiger partial charge in [-0.25, -0.2) is 8.42 Å². The van der Waals surface area contributed by atoms with Crippen molar-refractivity contribution in [1.29, 1.82) is 0 Å². The van der Waals surface area contributed by atoms with Gasteiger partial charge >= 0.3 is 0 Å². The molecule has 0 aliphatic heterocycles. The highest BCUT2D eigenvalue weighted by Gasteiger charge is 2.12. The number of aromatic nitrogens is 2. The summed E-state index contributed by atoms with van der Waals surface area (Å²) in [6.45, 7) is 3.10. The Bertz CT molecular complexity index is 1520. The van der Waals surface area contributed by atoms with E-state index in [4.69, 9.17) is 4.74 Å². The SMILES string of the molecule is CN(c1ccc(CCN(CCCOc2ccc3c(ccc(=O)n3C)c2)Cc2ccncc2)cc1)S(C)(=O)=O. The Morgan fingerprint density at radius 3 is 2.37 bits per heavy atom. The highest BCUT2D eigenvalue weighted by molar-refractivity contribution is 7.92. The van der Waals surface area contributed by atoms with Crippen LogP contribution < -0.4 is 14.6 Å². The average Bonchev–Trinajstić information content (AvgIpc) is 2.91. The number of pyridine rings is 2. The fraction of sp³-hybridized carbons (Fsp3) is 0.310. The van der Waals surface area contributed by atoms with Gasteiger partial charge in [-0.15, -0.1) is 0 Å². The minimum Gasteiger partial charge on any atom is -0.494 e. The lowest BCUT2D eigenvalue weighted by Gasteiger charge is -2.23. The van der Waals surface area contributed by atoms with Gasteiger partial charge in [0.1, 0.15) is 5.75 Å². The molecular formula is C29H34N4O4S. The van der Waals surface area contributed by atoms with Gasteiger partial charge in [0.15, 0.2) is 0 Å². The van der Waals surface area contributed by atoms with E-state index in [0.29, 0.717) is 12.3 Å². The molecule has 8 nitrogen and oxygen atoms in total. The van der Waals surface area contributed by atoms with Crippen molar-refractivity contribution in [3.63, 3.8) is 0 Å². The molecule has 4 aromatic rings. The summed E-state index contributed by atoms with van der Waals surface area (Å²) < 4.78 is 32.5. The number of benzene rings is 2. The summed E-state index contributed by atoms with van der Waals surface area (Å²) >= 11 is 0. The summed E-state index contributed by atoms with van der Waals surface area (Å²) in [5.74, 6) is 0.788. The van der Waals surface area contributed by atoms with E-state index in [2.05, 4.69) is 9.88 Å². The number of fused-ring (bicyclic) bond motifs is 1. The third-order valence-corrected chi connectivity index (χ3v) is 7.86. The number of aryl methyl sites for hydroxylation is 1. The zero-order valence-corrected chi connectivity index (χ0v) is 22.9. The number of hydrogen-bond acceptors (Lipinski definition) is 6. The van der Waals surface area contributed by atoms with Crippen LogP contribution in [0.25, 0.3) is 10.9 Å². The molecule has 9 heteroatoms. The summed E-state index contributed by atoms with van der Waals surface area (Å²) in [6, 6.07) is 20.9. The molecule has 0 unspecified atom stereocenters. The quantitative estimate of drug-likeness (QED) is 0.257. The molecule has 2 aromatic heterocycles. The van der Waals surface area contributed by atoms with Crippen LogP contribution in [0.1, 0.15) is 17.5 Å². The summed E-state index contributed by atoms with van der Waals surface area (Å²) in [7, 11) is 0.0454. The van der Waals surface area contributed by atoms with Gasteiger partial charge in [0.25, 0.3) is 5.56 Å². The van der Waals surface area contributed by atoms with Gasteiger partial charge in [-0.2, -0.15) is 0 Å². The van der Waals surface area contributed by atoms with Crippen molar-refractivity contribution in [1.82, 2.24) is 14.5 Å². The topological polar surface area (TPSA) is 84.7 Å². The Balaban J connectivity index is 1.34. The van der Waals surface area contributed by atoms with Crippen molar-refractivity contribution in [3.05, 3.63) is 101 Å². The Hall–Kier alpha value is -3.69. The van der Waals surface area contributed by atoms with Gasteiger partial charge in [-0.05, 0) is 72.5 Å². The van der Waals surface area contributed by atoms with Gasteiger partial charge in [0.2, 0.25) is 10.0 Å². The molecule has 0 atom stereocenters. The zero-order valence-electron chi connectivity index (χ0n) is 22.1. The van der Waals surface area contributed by atoms with Crippen LogP contribution in [0.5, 0.6) is 5.75 Å². The summed E-state index contributed by atoms with van der Waals surface area (Å²) in [5, 5.41) is 0.970. The third-order valence-electron chi connectivity index (χ3n) is 6.65. The minimum absolute atomic E-state index is 0.0300. The van der Waals surface area contributed by atoms with Crippen LogP contribution >= 0.6 is 0 Å². The monoisotopic (exact) mass is 534 g/mol. The normalized spacial score (nSPS) is 11.7. The molecule has 0 spiro atoms. The molecule has 2 aromatic carbocycles. The molecule has 38 heavy (non-hydrogen) atoms. The highest BCUT2D eigenvalue weighted by Crippen LogP contribution is 2.20. The Kier molecular flexibility index (Phi) is 8.81. The number of anilines is 1. The molecule has 0 saturated heterocycles. The van der Waals surface area contributed by atoms with Crippen LogP contribution in [0.2, 0.25) is 0 Å². The van der Waals surface area contributed by atoms with Crippen molar-refractivity contribution in [2.75, 3.05) is 37.3 Å². The molecule has 0 fully saturated rings. The Morgan fingerprint density at radius 2 is 1.66 bits per heavy atom. The largest absolute Gasteiger partial charge is 0.494 e. The lowest BCUT2D eigenvalue weighted by molar-refractivity contribution is 0.230. The Labute approximate surface area is 224 Å². The first kappa shape index (κ1) is 27.3. The van der Waals surface area contributed by atoms with E-state index in [1.165, 1.54) is 16.1 Å². The van der Waals surface area contributed by atoms with Gasteiger partial charge in [-0.3, -0.25) is 19.0 Å². The van der Waals surface area contributed by atoms with Gasteiger partial charge in [-0.1, -0.05) is 12.1 Å². The second-order valence-corrected chi connectivity index (χ2v) is 11.4. The number of hydrogen-bond donors (Lipinski definition) is 0. The zero-order chi connectivity index (χ0) is 27.1. The lowest BCUT2D eigenvalue weighted by Crippen LogP contribution is -2.28. The molecule has 2 heterocycles. The minimum atomic E-state index is -3.28. The van der Waals surface area contributed by atoms with E-state index in [1.54, 1.807) is 24.7 Å². The molecule has 0 amide bonds. The number of ether oxygens (including phenoxy) is 1. The second-order valence-electron chi connectivity index (χ2n) is 9.43. The second kappa shape index (κ2) is 12.2. The number of sulfonamides is 1. The molecule has 0 bridgehead atoms. The van der Waals surface area contributed by atoms with E-state index < -0.39 is 10.0 Å². The summed E-state index contributed by atoms with van der Waals surface area (Å²) in [5.41, 5.74) is 3.85. The Morgan fingerprint density at radius 1 is 0.921 bits per heavy atom. The molecule has 200 valence electrons. The standard InChI is InChI=1S/C29H34N4O4S/c1-31-28-11-10-27(21-25(28)7-12-29(31)34)37-20-4-18-33(22-24-13-16-30-17-14-24)19-15-23-5-8-26(9-6-23)32(2)38(3,35)36/h5-14,16-17,21H,4,15,18-20,22H2,1-3H3. The first-order chi connectivity index (χ1) is 18.2.